The predicted molar refractivity (Wildman–Crippen MR) is 54.9 cm³/mol. The third-order valence-corrected chi connectivity index (χ3v) is 2.50. The Morgan fingerprint density at radius 2 is 2.36 bits per heavy atom. The average Bonchev–Trinajstić information content (AvgIpc) is 2.61. The lowest BCUT2D eigenvalue weighted by atomic mass is 10.0. The molecule has 0 saturated heterocycles. The Morgan fingerprint density at radius 3 is 3.07 bits per heavy atom. The molecular weight excluding hydrogens is 174 g/mol. The number of benzene rings is 1. The van der Waals surface area contributed by atoms with E-state index in [1.165, 1.54) is 11.1 Å². The van der Waals surface area contributed by atoms with Crippen molar-refractivity contribution < 1.29 is 4.74 Å². The third-order valence-electron chi connectivity index (χ3n) is 2.50. The number of methoxy groups -OCH3 is 1. The van der Waals surface area contributed by atoms with Crippen LogP contribution in [0.3, 0.4) is 0 Å². The van der Waals surface area contributed by atoms with Gasteiger partial charge in [-0.05, 0) is 35.3 Å². The topological polar surface area (TPSA) is 33.0 Å². The Morgan fingerprint density at radius 1 is 1.50 bits per heavy atom. The summed E-state index contributed by atoms with van der Waals surface area (Å²) in [4.78, 5) is 0. The Balaban J connectivity index is 2.35. The molecule has 1 aromatic rings. The van der Waals surface area contributed by atoms with Crippen LogP contribution in [0.15, 0.2) is 24.3 Å². The van der Waals surface area contributed by atoms with E-state index in [0.717, 1.165) is 17.7 Å². The van der Waals surface area contributed by atoms with Crippen molar-refractivity contribution in [2.24, 2.45) is 0 Å². The van der Waals surface area contributed by atoms with Gasteiger partial charge in [0.25, 0.3) is 0 Å². The number of fused-ring (bicyclic) bond motifs is 1. The van der Waals surface area contributed by atoms with E-state index in [-0.39, 0.29) is 0 Å². The summed E-state index contributed by atoms with van der Waals surface area (Å²) in [5.41, 5.74) is 3.60. The molecule has 0 aliphatic heterocycles. The van der Waals surface area contributed by atoms with E-state index in [0.29, 0.717) is 6.42 Å². The summed E-state index contributed by atoms with van der Waals surface area (Å²) in [5, 5.41) is 8.64. The first kappa shape index (κ1) is 8.83. The third kappa shape index (κ3) is 1.38. The van der Waals surface area contributed by atoms with Gasteiger partial charge in [-0.3, -0.25) is 0 Å². The Labute approximate surface area is 83.4 Å². The number of hydrogen-bond donors (Lipinski definition) is 0. The van der Waals surface area contributed by atoms with Crippen molar-refractivity contribution >= 4 is 5.57 Å². The molecule has 1 aromatic carbocycles. The fourth-order valence-electron chi connectivity index (χ4n) is 1.77. The molecule has 0 N–H and O–H groups in total. The van der Waals surface area contributed by atoms with Crippen LogP contribution < -0.4 is 4.74 Å². The van der Waals surface area contributed by atoms with E-state index in [4.69, 9.17) is 10.00 Å². The van der Waals surface area contributed by atoms with Crippen molar-refractivity contribution in [2.45, 2.75) is 12.8 Å². The normalized spacial score (nSPS) is 13.0. The van der Waals surface area contributed by atoms with Crippen molar-refractivity contribution in [3.8, 4) is 11.8 Å². The molecular formula is C12H11NO. The lowest BCUT2D eigenvalue weighted by molar-refractivity contribution is 0.414. The van der Waals surface area contributed by atoms with Crippen LogP contribution >= 0.6 is 0 Å². The van der Waals surface area contributed by atoms with Crippen LogP contribution in [0.25, 0.3) is 5.57 Å². The van der Waals surface area contributed by atoms with Crippen LogP contribution in [-0.2, 0) is 6.42 Å². The van der Waals surface area contributed by atoms with Crippen LogP contribution in [0, 0.1) is 11.3 Å². The van der Waals surface area contributed by atoms with E-state index in [9.17, 15) is 0 Å². The van der Waals surface area contributed by atoms with E-state index in [1.54, 1.807) is 7.11 Å². The zero-order valence-electron chi connectivity index (χ0n) is 8.08. The predicted octanol–water partition coefficient (Wildman–Crippen LogP) is 2.55. The van der Waals surface area contributed by atoms with Crippen molar-refractivity contribution in [3.63, 3.8) is 0 Å². The van der Waals surface area contributed by atoms with Crippen LogP contribution in [0.1, 0.15) is 17.5 Å². The van der Waals surface area contributed by atoms with E-state index in [2.05, 4.69) is 12.1 Å². The average molecular weight is 185 g/mol. The van der Waals surface area contributed by atoms with Gasteiger partial charge in [0.05, 0.1) is 19.6 Å². The van der Waals surface area contributed by atoms with Gasteiger partial charge in [0.15, 0.2) is 0 Å². The fraction of sp³-hybridized carbons (Fsp3) is 0.250. The van der Waals surface area contributed by atoms with Crippen molar-refractivity contribution in [2.75, 3.05) is 7.11 Å². The highest BCUT2D eigenvalue weighted by atomic mass is 16.5. The lowest BCUT2D eigenvalue weighted by Crippen LogP contribution is -1.88. The number of allylic oxidation sites excluding steroid dienone is 2. The van der Waals surface area contributed by atoms with Gasteiger partial charge in [0, 0.05) is 0 Å². The Kier molecular flexibility index (Phi) is 2.24. The quantitative estimate of drug-likeness (QED) is 0.709. The molecule has 2 heteroatoms. The van der Waals surface area contributed by atoms with Gasteiger partial charge < -0.3 is 4.74 Å². The van der Waals surface area contributed by atoms with Gasteiger partial charge in [-0.25, -0.2) is 0 Å². The minimum Gasteiger partial charge on any atom is -0.497 e. The lowest BCUT2D eigenvalue weighted by Gasteiger charge is -2.05. The van der Waals surface area contributed by atoms with Gasteiger partial charge in [-0.2, -0.15) is 5.26 Å². The van der Waals surface area contributed by atoms with Crippen LogP contribution in [0.2, 0.25) is 0 Å². The minimum atomic E-state index is 0.499. The second kappa shape index (κ2) is 3.55. The zero-order chi connectivity index (χ0) is 9.97. The van der Waals surface area contributed by atoms with Crippen molar-refractivity contribution in [3.05, 3.63) is 35.4 Å². The SMILES string of the molecule is COc1ccc2c(c1)CC=C2CC#N. The molecule has 0 amide bonds. The Hall–Kier alpha value is -1.75. The van der Waals surface area contributed by atoms with Gasteiger partial charge in [-0.15, -0.1) is 0 Å². The summed E-state index contributed by atoms with van der Waals surface area (Å²) in [6.45, 7) is 0. The summed E-state index contributed by atoms with van der Waals surface area (Å²) >= 11 is 0. The largest absolute Gasteiger partial charge is 0.497 e. The molecule has 0 heterocycles. The molecule has 0 fully saturated rings. The summed E-state index contributed by atoms with van der Waals surface area (Å²) in [5.74, 6) is 0.885. The molecule has 0 spiro atoms. The number of rotatable bonds is 2. The maximum absolute atomic E-state index is 8.64. The number of nitriles is 1. The molecule has 1 aliphatic rings. The first-order chi connectivity index (χ1) is 6.85. The molecule has 2 nitrogen and oxygen atoms in total. The van der Waals surface area contributed by atoms with Crippen molar-refractivity contribution in [1.29, 1.82) is 5.26 Å². The van der Waals surface area contributed by atoms with E-state index < -0.39 is 0 Å². The van der Waals surface area contributed by atoms with Gasteiger partial charge in [0.1, 0.15) is 5.75 Å². The molecule has 14 heavy (non-hydrogen) atoms. The molecule has 1 aliphatic carbocycles. The first-order valence-corrected chi connectivity index (χ1v) is 4.58. The monoisotopic (exact) mass is 185 g/mol. The minimum absolute atomic E-state index is 0.499. The molecule has 70 valence electrons. The number of nitrogens with zero attached hydrogens (tertiary/aromatic N) is 1. The second-order valence-electron chi connectivity index (χ2n) is 3.29. The summed E-state index contributed by atoms with van der Waals surface area (Å²) in [6, 6.07) is 8.19. The molecule has 0 radical (unpaired) electrons. The smallest absolute Gasteiger partial charge is 0.119 e. The highest BCUT2D eigenvalue weighted by Crippen LogP contribution is 2.31. The van der Waals surface area contributed by atoms with E-state index >= 15 is 0 Å². The summed E-state index contributed by atoms with van der Waals surface area (Å²) in [6.07, 6.45) is 3.54. The van der Waals surface area contributed by atoms with Gasteiger partial charge in [0.2, 0.25) is 0 Å². The summed E-state index contributed by atoms with van der Waals surface area (Å²) in [7, 11) is 1.67. The van der Waals surface area contributed by atoms with Crippen LogP contribution in [0.4, 0.5) is 0 Å². The van der Waals surface area contributed by atoms with Crippen LogP contribution in [0.5, 0.6) is 5.75 Å². The molecule has 0 aromatic heterocycles. The summed E-state index contributed by atoms with van der Waals surface area (Å²) < 4.78 is 5.15. The molecule has 0 saturated carbocycles. The standard InChI is InChI=1S/C12H11NO/c1-14-11-4-5-12-9(6-7-13)2-3-10(12)8-11/h2,4-5,8H,3,6H2,1H3. The molecule has 0 atom stereocenters. The van der Waals surface area contributed by atoms with Gasteiger partial charge in [-0.1, -0.05) is 12.1 Å². The zero-order valence-corrected chi connectivity index (χ0v) is 8.08. The molecule has 0 unspecified atom stereocenters. The first-order valence-electron chi connectivity index (χ1n) is 4.58. The number of hydrogen-bond acceptors (Lipinski definition) is 2. The Bertz CT molecular complexity index is 426. The number of ether oxygens (including phenoxy) is 1. The van der Waals surface area contributed by atoms with E-state index in [1.807, 2.05) is 18.2 Å². The molecule has 0 bridgehead atoms. The van der Waals surface area contributed by atoms with Gasteiger partial charge >= 0.3 is 0 Å². The maximum Gasteiger partial charge on any atom is 0.119 e. The maximum atomic E-state index is 8.64. The highest BCUT2D eigenvalue weighted by Gasteiger charge is 2.13. The highest BCUT2D eigenvalue weighted by molar-refractivity contribution is 5.74. The van der Waals surface area contributed by atoms with Crippen LogP contribution in [-0.4, -0.2) is 7.11 Å². The van der Waals surface area contributed by atoms with Crippen molar-refractivity contribution in [1.82, 2.24) is 0 Å². The molecule has 2 rings (SSSR count). The fourth-order valence-corrected chi connectivity index (χ4v) is 1.77. The second-order valence-corrected chi connectivity index (χ2v) is 3.29.